The minimum atomic E-state index is 0.693. The van der Waals surface area contributed by atoms with Crippen LogP contribution in [0.15, 0.2) is 6.07 Å². The Hall–Kier alpha value is -0.870. The van der Waals surface area contributed by atoms with Gasteiger partial charge in [-0.3, -0.25) is 4.68 Å². The van der Waals surface area contributed by atoms with Crippen molar-refractivity contribution >= 4 is 0 Å². The van der Waals surface area contributed by atoms with Gasteiger partial charge in [0.05, 0.1) is 24.6 Å². The standard InChI is InChI=1S/C13H23N3O/c1-3-16-13(8-11(2)15-16)10-17-9-12-4-6-14-7-5-12/h8,12,14H,3-7,9-10H2,1-2H3. The van der Waals surface area contributed by atoms with Gasteiger partial charge in [-0.2, -0.15) is 5.10 Å². The normalized spacial score (nSPS) is 17.5. The van der Waals surface area contributed by atoms with Crippen molar-refractivity contribution in [1.29, 1.82) is 0 Å². The van der Waals surface area contributed by atoms with Crippen molar-refractivity contribution < 1.29 is 4.74 Å². The number of nitrogens with zero attached hydrogens (tertiary/aromatic N) is 2. The molecule has 0 unspecified atom stereocenters. The molecule has 0 aliphatic carbocycles. The van der Waals surface area contributed by atoms with E-state index in [-0.39, 0.29) is 0 Å². The number of rotatable bonds is 5. The molecule has 4 nitrogen and oxygen atoms in total. The van der Waals surface area contributed by atoms with Crippen LogP contribution in [0.2, 0.25) is 0 Å². The van der Waals surface area contributed by atoms with Crippen LogP contribution in [-0.2, 0) is 17.9 Å². The van der Waals surface area contributed by atoms with Crippen molar-refractivity contribution in [3.05, 3.63) is 17.5 Å². The molecule has 2 heterocycles. The molecule has 2 rings (SSSR count). The average molecular weight is 237 g/mol. The lowest BCUT2D eigenvalue weighted by Gasteiger charge is -2.22. The van der Waals surface area contributed by atoms with Crippen molar-refractivity contribution in [2.45, 2.75) is 39.8 Å². The van der Waals surface area contributed by atoms with Crippen LogP contribution >= 0.6 is 0 Å². The molecule has 0 bridgehead atoms. The largest absolute Gasteiger partial charge is 0.375 e. The predicted octanol–water partition coefficient (Wildman–Crippen LogP) is 1.73. The minimum absolute atomic E-state index is 0.693. The van der Waals surface area contributed by atoms with Gasteiger partial charge in [0.25, 0.3) is 0 Å². The summed E-state index contributed by atoms with van der Waals surface area (Å²) in [6.07, 6.45) is 2.48. The molecule has 1 N–H and O–H groups in total. The number of aromatic nitrogens is 2. The Labute approximate surface area is 103 Å². The van der Waals surface area contributed by atoms with Crippen molar-refractivity contribution in [1.82, 2.24) is 15.1 Å². The summed E-state index contributed by atoms with van der Waals surface area (Å²) in [5.74, 6) is 0.732. The number of piperidine rings is 1. The molecule has 0 aromatic carbocycles. The van der Waals surface area contributed by atoms with Gasteiger partial charge in [0.2, 0.25) is 0 Å². The van der Waals surface area contributed by atoms with Crippen LogP contribution in [0.4, 0.5) is 0 Å². The zero-order valence-corrected chi connectivity index (χ0v) is 10.9. The fourth-order valence-corrected chi connectivity index (χ4v) is 2.37. The van der Waals surface area contributed by atoms with Crippen LogP contribution in [0, 0.1) is 12.8 Å². The van der Waals surface area contributed by atoms with E-state index in [0.29, 0.717) is 6.61 Å². The summed E-state index contributed by atoms with van der Waals surface area (Å²) in [7, 11) is 0. The van der Waals surface area contributed by atoms with Crippen molar-refractivity contribution in [2.24, 2.45) is 5.92 Å². The quantitative estimate of drug-likeness (QED) is 0.847. The van der Waals surface area contributed by atoms with Gasteiger partial charge in [-0.25, -0.2) is 0 Å². The van der Waals surface area contributed by atoms with Gasteiger partial charge in [-0.05, 0) is 51.8 Å². The Kier molecular flexibility index (Phi) is 4.57. The summed E-state index contributed by atoms with van der Waals surface area (Å²) in [4.78, 5) is 0. The van der Waals surface area contributed by atoms with Crippen molar-refractivity contribution in [2.75, 3.05) is 19.7 Å². The van der Waals surface area contributed by atoms with Crippen LogP contribution in [0.25, 0.3) is 0 Å². The highest BCUT2D eigenvalue weighted by Crippen LogP contribution is 2.13. The SMILES string of the molecule is CCn1nc(C)cc1COCC1CCNCC1. The molecule has 0 amide bonds. The van der Waals surface area contributed by atoms with Crippen LogP contribution < -0.4 is 5.32 Å². The Bertz CT molecular complexity index is 342. The fourth-order valence-electron chi connectivity index (χ4n) is 2.37. The maximum Gasteiger partial charge on any atom is 0.0884 e. The number of nitrogens with one attached hydrogen (secondary N) is 1. The first kappa shape index (κ1) is 12.6. The molecule has 0 spiro atoms. The van der Waals surface area contributed by atoms with E-state index < -0.39 is 0 Å². The smallest absolute Gasteiger partial charge is 0.0884 e. The molecule has 1 aliphatic heterocycles. The monoisotopic (exact) mass is 237 g/mol. The van der Waals surface area contributed by atoms with E-state index in [4.69, 9.17) is 4.74 Å². The zero-order chi connectivity index (χ0) is 12.1. The van der Waals surface area contributed by atoms with Gasteiger partial charge >= 0.3 is 0 Å². The van der Waals surface area contributed by atoms with E-state index in [1.165, 1.54) is 18.5 Å². The lowest BCUT2D eigenvalue weighted by atomic mass is 9.99. The number of hydrogen-bond donors (Lipinski definition) is 1. The first-order chi connectivity index (χ1) is 8.29. The summed E-state index contributed by atoms with van der Waals surface area (Å²) in [5.41, 5.74) is 2.27. The number of hydrogen-bond acceptors (Lipinski definition) is 3. The fraction of sp³-hybridized carbons (Fsp3) is 0.769. The lowest BCUT2D eigenvalue weighted by Crippen LogP contribution is -2.30. The van der Waals surface area contributed by atoms with E-state index >= 15 is 0 Å². The maximum atomic E-state index is 5.83. The average Bonchev–Trinajstić information content (AvgIpc) is 2.71. The van der Waals surface area contributed by atoms with Gasteiger partial charge in [-0.15, -0.1) is 0 Å². The number of ether oxygens (including phenoxy) is 1. The molecule has 1 fully saturated rings. The number of aryl methyl sites for hydroxylation is 2. The molecule has 17 heavy (non-hydrogen) atoms. The third-order valence-corrected chi connectivity index (χ3v) is 3.35. The highest BCUT2D eigenvalue weighted by molar-refractivity contribution is 5.07. The van der Waals surface area contributed by atoms with E-state index in [9.17, 15) is 0 Å². The van der Waals surface area contributed by atoms with Crippen LogP contribution in [0.3, 0.4) is 0 Å². The molecule has 0 radical (unpaired) electrons. The molecule has 1 aromatic heterocycles. The second-order valence-corrected chi connectivity index (χ2v) is 4.80. The second kappa shape index (κ2) is 6.17. The van der Waals surface area contributed by atoms with E-state index in [1.807, 2.05) is 11.6 Å². The first-order valence-corrected chi connectivity index (χ1v) is 6.61. The Morgan fingerprint density at radius 2 is 2.24 bits per heavy atom. The van der Waals surface area contributed by atoms with Crippen LogP contribution in [0.5, 0.6) is 0 Å². The first-order valence-electron chi connectivity index (χ1n) is 6.61. The maximum absolute atomic E-state index is 5.83. The topological polar surface area (TPSA) is 39.1 Å². The van der Waals surface area contributed by atoms with Gasteiger partial charge in [0, 0.05) is 6.54 Å². The predicted molar refractivity (Wildman–Crippen MR) is 67.9 cm³/mol. The third-order valence-electron chi connectivity index (χ3n) is 3.35. The molecule has 4 heteroatoms. The molecule has 0 atom stereocenters. The van der Waals surface area contributed by atoms with Gasteiger partial charge < -0.3 is 10.1 Å². The summed E-state index contributed by atoms with van der Waals surface area (Å²) in [6, 6.07) is 2.12. The molecule has 96 valence electrons. The van der Waals surface area contributed by atoms with Crippen molar-refractivity contribution in [3.63, 3.8) is 0 Å². The van der Waals surface area contributed by atoms with E-state index in [0.717, 1.165) is 37.9 Å². The highest BCUT2D eigenvalue weighted by atomic mass is 16.5. The van der Waals surface area contributed by atoms with Crippen LogP contribution in [0.1, 0.15) is 31.2 Å². The zero-order valence-electron chi connectivity index (χ0n) is 10.9. The van der Waals surface area contributed by atoms with E-state index in [2.05, 4.69) is 23.4 Å². The van der Waals surface area contributed by atoms with Crippen LogP contribution in [-0.4, -0.2) is 29.5 Å². The lowest BCUT2D eigenvalue weighted by molar-refractivity contribution is 0.0722. The molecule has 1 aromatic rings. The summed E-state index contributed by atoms with van der Waals surface area (Å²) >= 11 is 0. The van der Waals surface area contributed by atoms with Crippen molar-refractivity contribution in [3.8, 4) is 0 Å². The minimum Gasteiger partial charge on any atom is -0.375 e. The third kappa shape index (κ3) is 3.54. The Morgan fingerprint density at radius 1 is 1.47 bits per heavy atom. The Balaban J connectivity index is 1.76. The molecule has 0 saturated carbocycles. The summed E-state index contributed by atoms with van der Waals surface area (Å²) < 4.78 is 7.85. The summed E-state index contributed by atoms with van der Waals surface area (Å²) in [5, 5.41) is 7.80. The molecule has 1 saturated heterocycles. The van der Waals surface area contributed by atoms with Gasteiger partial charge in [0.15, 0.2) is 0 Å². The van der Waals surface area contributed by atoms with Gasteiger partial charge in [0.1, 0.15) is 0 Å². The molecular formula is C13H23N3O. The molecule has 1 aliphatic rings. The van der Waals surface area contributed by atoms with E-state index in [1.54, 1.807) is 0 Å². The summed E-state index contributed by atoms with van der Waals surface area (Å²) in [6.45, 7) is 8.92. The van der Waals surface area contributed by atoms with Gasteiger partial charge in [-0.1, -0.05) is 0 Å². The molecular weight excluding hydrogens is 214 g/mol. The second-order valence-electron chi connectivity index (χ2n) is 4.80. The Morgan fingerprint density at radius 3 is 2.94 bits per heavy atom. The highest BCUT2D eigenvalue weighted by Gasteiger charge is 2.13.